The summed E-state index contributed by atoms with van der Waals surface area (Å²) in [6, 6.07) is 13.0. The third-order valence-corrected chi connectivity index (χ3v) is 7.63. The van der Waals surface area contributed by atoms with Crippen molar-refractivity contribution in [1.29, 1.82) is 5.26 Å². The van der Waals surface area contributed by atoms with Gasteiger partial charge in [-0.15, -0.1) is 11.3 Å². The summed E-state index contributed by atoms with van der Waals surface area (Å²) < 4.78 is 1.35. The van der Waals surface area contributed by atoms with Gasteiger partial charge in [-0.05, 0) is 61.6 Å². The topological polar surface area (TPSA) is 142 Å². The Morgan fingerprint density at radius 3 is 2.72 bits per heavy atom. The predicted octanol–water partition coefficient (Wildman–Crippen LogP) is 4.45. The lowest BCUT2D eigenvalue weighted by atomic mass is 10.1. The molecule has 0 fully saturated rings. The number of nitro benzene ring substituents is 1. The molecule has 12 heteroatoms. The number of aryl methyl sites for hydroxylation is 1. The Balaban J connectivity index is 1.50. The maximum atomic E-state index is 13.0. The number of nitrogens with zero attached hydrogens (tertiary/aromatic N) is 5. The average molecular weight is 517 g/mol. The van der Waals surface area contributed by atoms with Gasteiger partial charge in [-0.2, -0.15) is 5.26 Å². The molecule has 1 aliphatic rings. The molecule has 36 heavy (non-hydrogen) atoms. The minimum absolute atomic E-state index is 0.00164. The number of fused-ring (bicyclic) bond motifs is 2. The second-order valence-corrected chi connectivity index (χ2v) is 10.1. The lowest BCUT2D eigenvalue weighted by molar-refractivity contribution is -0.385. The first-order chi connectivity index (χ1) is 17.3. The number of nitro groups is 1. The molecule has 5 rings (SSSR count). The van der Waals surface area contributed by atoms with Gasteiger partial charge in [0, 0.05) is 18.3 Å². The third kappa shape index (κ3) is 3.89. The number of carbonyl (C=O) groups is 2. The van der Waals surface area contributed by atoms with Gasteiger partial charge in [-0.3, -0.25) is 19.7 Å². The van der Waals surface area contributed by atoms with E-state index in [0.717, 1.165) is 16.2 Å². The van der Waals surface area contributed by atoms with Gasteiger partial charge in [-0.25, -0.2) is 14.9 Å². The summed E-state index contributed by atoms with van der Waals surface area (Å²) in [6.45, 7) is 2.39. The molecule has 0 radical (unpaired) electrons. The number of nitriles is 1. The normalized spacial score (nSPS) is 12.8. The number of rotatable bonds is 6. The molecule has 0 unspecified atom stereocenters. The lowest BCUT2D eigenvalue weighted by Gasteiger charge is -2.13. The van der Waals surface area contributed by atoms with Crippen LogP contribution in [0.2, 0.25) is 0 Å². The number of hydrogen-bond acceptors (Lipinski definition) is 10. The first kappa shape index (κ1) is 23.6. The second-order valence-electron chi connectivity index (χ2n) is 7.88. The van der Waals surface area contributed by atoms with Crippen molar-refractivity contribution >= 4 is 56.5 Å². The zero-order chi connectivity index (χ0) is 25.6. The standard InChI is InChI=1S/C24H16N6O4S2/c1-12-8-13(11-26-2)16(10-25)21(27-12)36-24-28-17-7-6-14(9-19(17)35-24)29-22(31)15-4-3-5-18(30(33)34)20(15)23(29)32/h3-9,26H,11H2,1-2H3. The smallest absolute Gasteiger partial charge is 0.283 e. The molecule has 1 N–H and O–H groups in total. The van der Waals surface area contributed by atoms with E-state index in [2.05, 4.69) is 21.4 Å². The first-order valence-electron chi connectivity index (χ1n) is 10.6. The summed E-state index contributed by atoms with van der Waals surface area (Å²) in [6.07, 6.45) is 0. The predicted molar refractivity (Wildman–Crippen MR) is 134 cm³/mol. The Morgan fingerprint density at radius 2 is 2.00 bits per heavy atom. The van der Waals surface area contributed by atoms with Gasteiger partial charge in [-0.1, -0.05) is 6.07 Å². The molecule has 178 valence electrons. The van der Waals surface area contributed by atoms with Crippen molar-refractivity contribution in [3.63, 3.8) is 0 Å². The fraction of sp³-hybridized carbons (Fsp3) is 0.125. The van der Waals surface area contributed by atoms with E-state index in [-0.39, 0.29) is 11.1 Å². The van der Waals surface area contributed by atoms with Crippen LogP contribution in [0, 0.1) is 28.4 Å². The summed E-state index contributed by atoms with van der Waals surface area (Å²) in [7, 11) is 1.81. The molecule has 0 aliphatic carbocycles. The van der Waals surface area contributed by atoms with E-state index in [1.807, 2.05) is 13.0 Å². The zero-order valence-electron chi connectivity index (χ0n) is 18.9. The molecule has 4 aromatic rings. The van der Waals surface area contributed by atoms with Gasteiger partial charge in [0.1, 0.15) is 16.7 Å². The van der Waals surface area contributed by atoms with Crippen molar-refractivity contribution in [3.05, 3.63) is 80.5 Å². The van der Waals surface area contributed by atoms with Gasteiger partial charge in [0.2, 0.25) is 0 Å². The van der Waals surface area contributed by atoms with Crippen LogP contribution in [0.4, 0.5) is 11.4 Å². The van der Waals surface area contributed by atoms with Crippen LogP contribution in [0.15, 0.2) is 51.8 Å². The molecule has 0 saturated heterocycles. The number of thiazole rings is 1. The van der Waals surface area contributed by atoms with E-state index in [4.69, 9.17) is 0 Å². The molecule has 2 aromatic heterocycles. The van der Waals surface area contributed by atoms with Crippen molar-refractivity contribution in [2.75, 3.05) is 11.9 Å². The third-order valence-electron chi connectivity index (χ3n) is 5.56. The Labute approximate surface area is 212 Å². The largest absolute Gasteiger partial charge is 0.316 e. The number of carbonyl (C=O) groups excluding carboxylic acids is 2. The highest BCUT2D eigenvalue weighted by Gasteiger charge is 2.41. The molecule has 2 aromatic carbocycles. The number of anilines is 1. The summed E-state index contributed by atoms with van der Waals surface area (Å²) in [5, 5.41) is 24.7. The van der Waals surface area contributed by atoms with Gasteiger partial charge < -0.3 is 5.32 Å². The molecule has 0 bridgehead atoms. The summed E-state index contributed by atoms with van der Waals surface area (Å²) in [5.74, 6) is -1.35. The summed E-state index contributed by atoms with van der Waals surface area (Å²) in [5.41, 5.74) is 2.45. The molecular formula is C24H16N6O4S2. The highest BCUT2D eigenvalue weighted by molar-refractivity contribution is 8.01. The van der Waals surface area contributed by atoms with Gasteiger partial charge >= 0.3 is 0 Å². The Morgan fingerprint density at radius 1 is 1.19 bits per heavy atom. The van der Waals surface area contributed by atoms with Crippen LogP contribution in [0.3, 0.4) is 0 Å². The van der Waals surface area contributed by atoms with Crippen LogP contribution in [-0.4, -0.2) is 33.8 Å². The van der Waals surface area contributed by atoms with Crippen LogP contribution >= 0.6 is 23.1 Å². The summed E-state index contributed by atoms with van der Waals surface area (Å²) in [4.78, 5) is 46.8. The summed E-state index contributed by atoms with van der Waals surface area (Å²) >= 11 is 2.61. The number of nitrogens with one attached hydrogen (secondary N) is 1. The van der Waals surface area contributed by atoms with Crippen molar-refractivity contribution in [3.8, 4) is 6.07 Å². The number of hydrogen-bond donors (Lipinski definition) is 1. The van der Waals surface area contributed by atoms with E-state index in [9.17, 15) is 25.0 Å². The molecule has 2 amide bonds. The molecule has 3 heterocycles. The van der Waals surface area contributed by atoms with Crippen molar-refractivity contribution < 1.29 is 14.5 Å². The number of imide groups is 1. The second kappa shape index (κ2) is 9.12. The molecule has 0 atom stereocenters. The maximum absolute atomic E-state index is 13.0. The van der Waals surface area contributed by atoms with E-state index in [1.54, 1.807) is 25.2 Å². The molecule has 0 saturated carbocycles. The lowest BCUT2D eigenvalue weighted by Crippen LogP contribution is -2.29. The Bertz CT molecular complexity index is 1640. The van der Waals surface area contributed by atoms with Crippen molar-refractivity contribution in [2.24, 2.45) is 0 Å². The minimum atomic E-state index is -0.736. The van der Waals surface area contributed by atoms with E-state index in [0.29, 0.717) is 37.4 Å². The van der Waals surface area contributed by atoms with Gasteiger partial charge in [0.15, 0.2) is 4.34 Å². The highest BCUT2D eigenvalue weighted by atomic mass is 32.2. The van der Waals surface area contributed by atoms with Gasteiger partial charge in [0.05, 0.1) is 32.0 Å². The number of benzene rings is 2. The van der Waals surface area contributed by atoms with Crippen LogP contribution in [0.1, 0.15) is 37.5 Å². The quantitative estimate of drug-likeness (QED) is 0.223. The SMILES string of the molecule is CNCc1cc(C)nc(Sc2nc3ccc(N4C(=O)c5cccc([N+](=O)[O-])c5C4=O)cc3s2)c1C#N. The highest BCUT2D eigenvalue weighted by Crippen LogP contribution is 2.39. The van der Waals surface area contributed by atoms with E-state index in [1.165, 1.54) is 41.3 Å². The number of pyridine rings is 1. The molecule has 1 aliphatic heterocycles. The zero-order valence-corrected chi connectivity index (χ0v) is 20.6. The molecule has 10 nitrogen and oxygen atoms in total. The van der Waals surface area contributed by atoms with Crippen LogP contribution in [-0.2, 0) is 6.54 Å². The fourth-order valence-corrected chi connectivity index (χ4v) is 6.23. The van der Waals surface area contributed by atoms with Crippen molar-refractivity contribution in [1.82, 2.24) is 15.3 Å². The first-order valence-corrected chi connectivity index (χ1v) is 12.3. The molecule has 0 spiro atoms. The van der Waals surface area contributed by atoms with Crippen LogP contribution < -0.4 is 10.2 Å². The van der Waals surface area contributed by atoms with Crippen molar-refractivity contribution in [2.45, 2.75) is 22.8 Å². The Kier molecular flexibility index (Phi) is 5.97. The Hall–Kier alpha value is -4.18. The minimum Gasteiger partial charge on any atom is -0.316 e. The van der Waals surface area contributed by atoms with Crippen LogP contribution in [0.5, 0.6) is 0 Å². The number of amides is 2. The van der Waals surface area contributed by atoms with Crippen LogP contribution in [0.25, 0.3) is 10.2 Å². The van der Waals surface area contributed by atoms with E-state index < -0.39 is 22.4 Å². The fourth-order valence-electron chi connectivity index (χ4n) is 4.05. The molecular weight excluding hydrogens is 500 g/mol. The average Bonchev–Trinajstić information content (AvgIpc) is 3.36. The number of aromatic nitrogens is 2. The monoisotopic (exact) mass is 516 g/mol. The maximum Gasteiger partial charge on any atom is 0.283 e. The van der Waals surface area contributed by atoms with E-state index >= 15 is 0 Å². The van der Waals surface area contributed by atoms with Gasteiger partial charge in [0.25, 0.3) is 17.5 Å².